The Morgan fingerprint density at radius 1 is 1.25 bits per heavy atom. The van der Waals surface area contributed by atoms with Crippen LogP contribution in [-0.2, 0) is 11.2 Å². The summed E-state index contributed by atoms with van der Waals surface area (Å²) in [6, 6.07) is 7.38. The van der Waals surface area contributed by atoms with Gasteiger partial charge in [-0.25, -0.2) is 4.98 Å². The maximum atomic E-state index is 13.0. The third kappa shape index (κ3) is 2.90. The lowest BCUT2D eigenvalue weighted by atomic mass is 9.77. The molecule has 4 rings (SSSR count). The normalized spacial score (nSPS) is 23.3. The molecule has 3 heterocycles. The predicted octanol–water partition coefficient (Wildman–Crippen LogP) is 0.362. The number of benzene rings is 1. The summed E-state index contributed by atoms with van der Waals surface area (Å²) in [5, 5.41) is 3.05. The molecule has 2 aliphatic rings. The summed E-state index contributed by atoms with van der Waals surface area (Å²) in [5.74, 6) is -1.17. The number of carbonyl (C=O) groups is 3. The predicted molar refractivity (Wildman–Crippen MR) is 100 cm³/mol. The Labute approximate surface area is 162 Å². The number of hydrogen-bond acceptors (Lipinski definition) is 5. The third-order valence-corrected chi connectivity index (χ3v) is 5.48. The first-order valence-corrected chi connectivity index (χ1v) is 9.08. The van der Waals surface area contributed by atoms with Crippen LogP contribution in [0.2, 0.25) is 0 Å². The number of fused-ring (bicyclic) bond motifs is 1. The van der Waals surface area contributed by atoms with E-state index in [1.807, 2.05) is 18.2 Å². The number of amides is 3. The number of hydrogen-bond donors (Lipinski definition) is 1. The SMILES string of the molecule is CN(C)C(=O)[C@@H]1CN(C(=O)c2cnccn2)C[C@]12Cc1ccccc1C(=O)N2. The molecule has 8 nitrogen and oxygen atoms in total. The third-order valence-electron chi connectivity index (χ3n) is 5.48. The number of likely N-dealkylation sites (tertiary alicyclic amines) is 1. The van der Waals surface area contributed by atoms with Crippen LogP contribution in [0.25, 0.3) is 0 Å². The minimum absolute atomic E-state index is 0.117. The van der Waals surface area contributed by atoms with Gasteiger partial charge in [-0.3, -0.25) is 19.4 Å². The van der Waals surface area contributed by atoms with Crippen LogP contribution in [0.3, 0.4) is 0 Å². The van der Waals surface area contributed by atoms with Crippen molar-refractivity contribution in [1.29, 1.82) is 0 Å². The van der Waals surface area contributed by atoms with Gasteiger partial charge in [0.2, 0.25) is 5.91 Å². The zero-order chi connectivity index (χ0) is 19.9. The lowest BCUT2D eigenvalue weighted by Gasteiger charge is -2.39. The Bertz CT molecular complexity index is 946. The van der Waals surface area contributed by atoms with E-state index in [0.29, 0.717) is 12.0 Å². The van der Waals surface area contributed by atoms with Crippen LogP contribution < -0.4 is 5.32 Å². The molecule has 1 N–H and O–H groups in total. The number of carbonyl (C=O) groups excluding carboxylic acids is 3. The maximum Gasteiger partial charge on any atom is 0.274 e. The van der Waals surface area contributed by atoms with Gasteiger partial charge in [-0.1, -0.05) is 18.2 Å². The molecule has 1 fully saturated rings. The van der Waals surface area contributed by atoms with Gasteiger partial charge < -0.3 is 15.1 Å². The first-order valence-electron chi connectivity index (χ1n) is 9.08. The summed E-state index contributed by atoms with van der Waals surface area (Å²) in [7, 11) is 3.36. The first-order chi connectivity index (χ1) is 13.4. The summed E-state index contributed by atoms with van der Waals surface area (Å²) in [5.41, 5.74) is 0.877. The Morgan fingerprint density at radius 3 is 2.75 bits per heavy atom. The van der Waals surface area contributed by atoms with Crippen LogP contribution in [0.15, 0.2) is 42.9 Å². The zero-order valence-corrected chi connectivity index (χ0v) is 15.8. The second-order valence-electron chi connectivity index (χ2n) is 7.51. The molecule has 1 spiro atoms. The van der Waals surface area contributed by atoms with E-state index in [2.05, 4.69) is 15.3 Å². The van der Waals surface area contributed by atoms with E-state index in [1.54, 1.807) is 25.1 Å². The lowest BCUT2D eigenvalue weighted by Crippen LogP contribution is -2.61. The highest BCUT2D eigenvalue weighted by Crippen LogP contribution is 2.36. The van der Waals surface area contributed by atoms with Crippen LogP contribution in [0.1, 0.15) is 26.4 Å². The first kappa shape index (κ1) is 18.1. The van der Waals surface area contributed by atoms with Crippen molar-refractivity contribution >= 4 is 17.7 Å². The summed E-state index contributed by atoms with van der Waals surface area (Å²) in [6.07, 6.45) is 4.85. The van der Waals surface area contributed by atoms with Gasteiger partial charge in [-0.2, -0.15) is 0 Å². The molecule has 3 amide bonds. The molecule has 0 unspecified atom stereocenters. The van der Waals surface area contributed by atoms with E-state index in [0.717, 1.165) is 5.56 Å². The molecule has 2 aliphatic heterocycles. The molecule has 8 heteroatoms. The van der Waals surface area contributed by atoms with Gasteiger partial charge in [0.05, 0.1) is 17.7 Å². The Kier molecular flexibility index (Phi) is 4.33. The summed E-state index contributed by atoms with van der Waals surface area (Å²) in [6.45, 7) is 0.460. The Balaban J connectivity index is 1.71. The fourth-order valence-electron chi connectivity index (χ4n) is 4.14. The number of nitrogens with zero attached hydrogens (tertiary/aromatic N) is 4. The van der Waals surface area contributed by atoms with E-state index in [4.69, 9.17) is 0 Å². The van der Waals surface area contributed by atoms with Gasteiger partial charge in [0.25, 0.3) is 11.8 Å². The number of aromatic nitrogens is 2. The maximum absolute atomic E-state index is 13.0. The minimum atomic E-state index is -0.843. The highest BCUT2D eigenvalue weighted by molar-refractivity contribution is 5.99. The highest BCUT2D eigenvalue weighted by atomic mass is 16.2. The molecule has 1 aromatic heterocycles. The van der Waals surface area contributed by atoms with E-state index in [1.165, 1.54) is 23.5 Å². The molecular formula is C20H21N5O3. The van der Waals surface area contributed by atoms with E-state index >= 15 is 0 Å². The van der Waals surface area contributed by atoms with Gasteiger partial charge in [-0.05, 0) is 18.1 Å². The largest absolute Gasteiger partial charge is 0.348 e. The van der Waals surface area contributed by atoms with Gasteiger partial charge in [0.1, 0.15) is 5.69 Å². The topological polar surface area (TPSA) is 95.5 Å². The van der Waals surface area contributed by atoms with Crippen molar-refractivity contribution in [3.05, 3.63) is 59.7 Å². The molecule has 1 aromatic carbocycles. The molecule has 2 atom stereocenters. The zero-order valence-electron chi connectivity index (χ0n) is 15.8. The van der Waals surface area contributed by atoms with E-state index in [9.17, 15) is 14.4 Å². The molecule has 0 aliphatic carbocycles. The average Bonchev–Trinajstić information content (AvgIpc) is 3.05. The smallest absolute Gasteiger partial charge is 0.274 e. The summed E-state index contributed by atoms with van der Waals surface area (Å²) in [4.78, 5) is 49.8. The highest BCUT2D eigenvalue weighted by Gasteiger charge is 2.54. The minimum Gasteiger partial charge on any atom is -0.348 e. The summed E-state index contributed by atoms with van der Waals surface area (Å²) < 4.78 is 0. The second-order valence-corrected chi connectivity index (χ2v) is 7.51. The second kappa shape index (κ2) is 6.70. The van der Waals surface area contributed by atoms with Gasteiger partial charge in [-0.15, -0.1) is 0 Å². The van der Waals surface area contributed by atoms with Gasteiger partial charge in [0.15, 0.2) is 0 Å². The molecule has 0 bridgehead atoms. The lowest BCUT2D eigenvalue weighted by molar-refractivity contribution is -0.134. The van der Waals surface area contributed by atoms with Crippen LogP contribution in [0.4, 0.5) is 0 Å². The van der Waals surface area contributed by atoms with Crippen molar-refractivity contribution in [3.63, 3.8) is 0 Å². The number of rotatable bonds is 2. The standard InChI is InChI=1S/C20H21N5O3/c1-24(2)18(27)15-11-25(19(28)16-10-21-7-8-22-16)12-20(15)9-13-5-3-4-6-14(13)17(26)23-20/h3-8,10,15H,9,11-12H2,1-2H3,(H,23,26)/t15-,20+/m0/s1. The quantitative estimate of drug-likeness (QED) is 0.813. The van der Waals surface area contributed by atoms with Crippen molar-refractivity contribution in [3.8, 4) is 0 Å². The van der Waals surface area contributed by atoms with Crippen LogP contribution in [0.5, 0.6) is 0 Å². The van der Waals surface area contributed by atoms with Gasteiger partial charge in [0, 0.05) is 45.1 Å². The van der Waals surface area contributed by atoms with Crippen molar-refractivity contribution in [2.45, 2.75) is 12.0 Å². The molecule has 1 saturated heterocycles. The van der Waals surface area contributed by atoms with Crippen molar-refractivity contribution < 1.29 is 14.4 Å². The Morgan fingerprint density at radius 2 is 2.04 bits per heavy atom. The molecule has 144 valence electrons. The van der Waals surface area contributed by atoms with E-state index in [-0.39, 0.29) is 36.5 Å². The summed E-state index contributed by atoms with van der Waals surface area (Å²) >= 11 is 0. The van der Waals surface area contributed by atoms with Crippen molar-refractivity contribution in [2.75, 3.05) is 27.2 Å². The fourth-order valence-corrected chi connectivity index (χ4v) is 4.14. The average molecular weight is 379 g/mol. The van der Waals surface area contributed by atoms with Crippen LogP contribution >= 0.6 is 0 Å². The molecular weight excluding hydrogens is 358 g/mol. The van der Waals surface area contributed by atoms with Crippen LogP contribution in [0, 0.1) is 5.92 Å². The van der Waals surface area contributed by atoms with Crippen LogP contribution in [-0.4, -0.2) is 70.2 Å². The van der Waals surface area contributed by atoms with Crippen molar-refractivity contribution in [1.82, 2.24) is 25.1 Å². The van der Waals surface area contributed by atoms with Gasteiger partial charge >= 0.3 is 0 Å². The fraction of sp³-hybridized carbons (Fsp3) is 0.350. The van der Waals surface area contributed by atoms with E-state index < -0.39 is 11.5 Å². The van der Waals surface area contributed by atoms with Crippen molar-refractivity contribution in [2.24, 2.45) is 5.92 Å². The molecule has 2 aromatic rings. The molecule has 0 saturated carbocycles. The molecule has 0 radical (unpaired) electrons. The Hall–Kier alpha value is -3.29. The number of nitrogens with one attached hydrogen (secondary N) is 1. The molecule has 28 heavy (non-hydrogen) atoms. The monoisotopic (exact) mass is 379 g/mol.